The molecule has 1 heterocycles. The molecule has 0 atom stereocenters. The van der Waals surface area contributed by atoms with E-state index in [4.69, 9.17) is 4.52 Å². The number of rotatable bonds is 2. The fourth-order valence-electron chi connectivity index (χ4n) is 4.80. The Balaban J connectivity index is 1.51. The first kappa shape index (κ1) is 13.9. The summed E-state index contributed by atoms with van der Waals surface area (Å²) >= 11 is 0. The van der Waals surface area contributed by atoms with Crippen LogP contribution in [0.15, 0.2) is 41.1 Å². The molecule has 0 unspecified atom stereocenters. The number of hydrogen-bond donors (Lipinski definition) is 0. The fraction of sp³-hybridized carbons (Fsp3) is 0.526. The number of hydrogen-bond acceptors (Lipinski definition) is 3. The molecule has 116 valence electrons. The van der Waals surface area contributed by atoms with Crippen molar-refractivity contribution >= 4 is 5.69 Å². The average Bonchev–Trinajstić information content (AvgIpc) is 2.93. The zero-order valence-electron chi connectivity index (χ0n) is 13.7. The Morgan fingerprint density at radius 1 is 1.18 bits per heavy atom. The maximum Gasteiger partial charge on any atom is 0.145 e. The topological polar surface area (TPSA) is 29.3 Å². The van der Waals surface area contributed by atoms with Gasteiger partial charge in [0, 0.05) is 29.8 Å². The van der Waals surface area contributed by atoms with Crippen LogP contribution in [0.2, 0.25) is 0 Å². The summed E-state index contributed by atoms with van der Waals surface area (Å²) in [6.45, 7) is 4.60. The molecule has 2 aliphatic carbocycles. The van der Waals surface area contributed by atoms with E-state index in [0.717, 1.165) is 12.2 Å². The van der Waals surface area contributed by atoms with Gasteiger partial charge in [-0.3, -0.25) is 0 Å². The lowest BCUT2D eigenvalue weighted by Gasteiger charge is -2.56. The SMILES string of the molecule is CN(c1ccccc1)C1CC2(Cc3cnoc3C(C)(C)C2)C1. The van der Waals surface area contributed by atoms with Gasteiger partial charge in [-0.15, -0.1) is 0 Å². The molecule has 1 spiro atoms. The Kier molecular flexibility index (Phi) is 2.91. The number of benzene rings is 1. The highest BCUT2D eigenvalue weighted by Crippen LogP contribution is 2.57. The number of nitrogens with zero attached hydrogens (tertiary/aromatic N) is 2. The molecule has 2 aliphatic rings. The van der Waals surface area contributed by atoms with Crippen LogP contribution in [0.4, 0.5) is 5.69 Å². The van der Waals surface area contributed by atoms with Gasteiger partial charge in [-0.25, -0.2) is 0 Å². The lowest BCUT2D eigenvalue weighted by Crippen LogP contribution is -2.54. The first-order valence-electron chi connectivity index (χ1n) is 8.21. The molecule has 0 amide bonds. The minimum absolute atomic E-state index is 0.111. The lowest BCUT2D eigenvalue weighted by atomic mass is 9.53. The maximum atomic E-state index is 5.52. The Hall–Kier alpha value is -1.77. The predicted octanol–water partition coefficient (Wildman–Crippen LogP) is 4.18. The van der Waals surface area contributed by atoms with Crippen LogP contribution in [-0.2, 0) is 11.8 Å². The molecule has 0 saturated heterocycles. The molecule has 0 radical (unpaired) electrons. The van der Waals surface area contributed by atoms with E-state index in [1.807, 2.05) is 6.20 Å². The van der Waals surface area contributed by atoms with Gasteiger partial charge in [0.15, 0.2) is 0 Å². The highest BCUT2D eigenvalue weighted by Gasteiger charge is 2.53. The molecule has 3 nitrogen and oxygen atoms in total. The zero-order chi connectivity index (χ0) is 15.4. The van der Waals surface area contributed by atoms with Crippen LogP contribution in [0.25, 0.3) is 0 Å². The maximum absolute atomic E-state index is 5.52. The zero-order valence-corrected chi connectivity index (χ0v) is 13.7. The van der Waals surface area contributed by atoms with Gasteiger partial charge in [0.1, 0.15) is 5.76 Å². The Bertz CT molecular complexity index is 668. The van der Waals surface area contributed by atoms with E-state index in [1.54, 1.807) is 0 Å². The van der Waals surface area contributed by atoms with E-state index in [9.17, 15) is 0 Å². The second-order valence-corrected chi connectivity index (χ2v) is 7.93. The van der Waals surface area contributed by atoms with Crippen LogP contribution in [0, 0.1) is 5.41 Å². The second-order valence-electron chi connectivity index (χ2n) is 7.93. The van der Waals surface area contributed by atoms with Crippen molar-refractivity contribution < 1.29 is 4.52 Å². The van der Waals surface area contributed by atoms with E-state index < -0.39 is 0 Å². The van der Waals surface area contributed by atoms with Crippen LogP contribution in [0.3, 0.4) is 0 Å². The first-order chi connectivity index (χ1) is 10.5. The van der Waals surface area contributed by atoms with Crippen molar-refractivity contribution in [2.24, 2.45) is 5.41 Å². The van der Waals surface area contributed by atoms with E-state index in [-0.39, 0.29) is 5.41 Å². The summed E-state index contributed by atoms with van der Waals surface area (Å²) in [6, 6.07) is 11.4. The summed E-state index contributed by atoms with van der Waals surface area (Å²) in [5.74, 6) is 1.11. The minimum Gasteiger partial charge on any atom is -0.372 e. The fourth-order valence-corrected chi connectivity index (χ4v) is 4.80. The van der Waals surface area contributed by atoms with Gasteiger partial charge in [0.2, 0.25) is 0 Å². The Labute approximate surface area is 132 Å². The van der Waals surface area contributed by atoms with E-state index in [1.165, 1.54) is 30.5 Å². The summed E-state index contributed by atoms with van der Waals surface area (Å²) in [7, 11) is 2.23. The van der Waals surface area contributed by atoms with Gasteiger partial charge in [-0.1, -0.05) is 37.2 Å². The molecule has 1 saturated carbocycles. The summed E-state index contributed by atoms with van der Waals surface area (Å²) in [5, 5.41) is 4.04. The van der Waals surface area contributed by atoms with E-state index in [0.29, 0.717) is 11.5 Å². The molecule has 0 bridgehead atoms. The molecule has 3 heteroatoms. The monoisotopic (exact) mass is 296 g/mol. The molecular weight excluding hydrogens is 272 g/mol. The van der Waals surface area contributed by atoms with Gasteiger partial charge in [-0.2, -0.15) is 0 Å². The predicted molar refractivity (Wildman–Crippen MR) is 88.2 cm³/mol. The number of para-hydroxylation sites is 1. The highest BCUT2D eigenvalue weighted by molar-refractivity contribution is 5.47. The van der Waals surface area contributed by atoms with Crippen LogP contribution < -0.4 is 4.90 Å². The van der Waals surface area contributed by atoms with Gasteiger partial charge in [0.25, 0.3) is 0 Å². The third kappa shape index (κ3) is 2.06. The first-order valence-corrected chi connectivity index (χ1v) is 8.21. The number of fused-ring (bicyclic) bond motifs is 1. The van der Waals surface area contributed by atoms with Crippen molar-refractivity contribution in [2.45, 2.75) is 51.0 Å². The second kappa shape index (κ2) is 4.61. The van der Waals surface area contributed by atoms with E-state index >= 15 is 0 Å². The molecular formula is C19H24N2O. The van der Waals surface area contributed by atoms with Gasteiger partial charge in [-0.05, 0) is 43.2 Å². The standard InChI is InChI=1S/C19H24N2O/c1-18(2)13-19(9-14-12-20-22-17(14)18)10-16(11-19)21(3)15-7-5-4-6-8-15/h4-8,12,16H,9-11,13H2,1-3H3. The van der Waals surface area contributed by atoms with Gasteiger partial charge in [0.05, 0.1) is 6.20 Å². The smallest absolute Gasteiger partial charge is 0.145 e. The van der Waals surface area contributed by atoms with Crippen LogP contribution in [0.5, 0.6) is 0 Å². The largest absolute Gasteiger partial charge is 0.372 e. The summed E-state index contributed by atoms with van der Waals surface area (Å²) in [6.07, 6.45) is 6.82. The third-order valence-corrected chi connectivity index (χ3v) is 5.69. The third-order valence-electron chi connectivity index (χ3n) is 5.69. The lowest BCUT2D eigenvalue weighted by molar-refractivity contribution is 0.0437. The molecule has 0 aliphatic heterocycles. The molecule has 22 heavy (non-hydrogen) atoms. The average molecular weight is 296 g/mol. The Morgan fingerprint density at radius 3 is 2.64 bits per heavy atom. The van der Waals surface area contributed by atoms with Crippen LogP contribution in [-0.4, -0.2) is 18.2 Å². The van der Waals surface area contributed by atoms with Crippen LogP contribution >= 0.6 is 0 Å². The van der Waals surface area contributed by atoms with Crippen molar-refractivity contribution in [1.82, 2.24) is 5.16 Å². The minimum atomic E-state index is 0.111. The summed E-state index contributed by atoms with van der Waals surface area (Å²) in [5.41, 5.74) is 3.20. The van der Waals surface area contributed by atoms with Crippen molar-refractivity contribution in [3.8, 4) is 0 Å². The summed E-state index contributed by atoms with van der Waals surface area (Å²) in [4.78, 5) is 2.45. The molecule has 0 N–H and O–H groups in total. The summed E-state index contributed by atoms with van der Waals surface area (Å²) < 4.78 is 5.52. The number of anilines is 1. The quantitative estimate of drug-likeness (QED) is 0.832. The molecule has 2 aromatic rings. The number of aromatic nitrogens is 1. The van der Waals surface area contributed by atoms with Gasteiger partial charge >= 0.3 is 0 Å². The van der Waals surface area contributed by atoms with E-state index in [2.05, 4.69) is 61.3 Å². The highest BCUT2D eigenvalue weighted by atomic mass is 16.5. The van der Waals surface area contributed by atoms with Crippen molar-refractivity contribution in [1.29, 1.82) is 0 Å². The molecule has 1 fully saturated rings. The molecule has 1 aromatic heterocycles. The van der Waals surface area contributed by atoms with Crippen molar-refractivity contribution in [3.63, 3.8) is 0 Å². The Morgan fingerprint density at radius 2 is 1.91 bits per heavy atom. The normalized spacial score (nSPS) is 29.0. The van der Waals surface area contributed by atoms with Crippen molar-refractivity contribution in [3.05, 3.63) is 47.9 Å². The van der Waals surface area contributed by atoms with Crippen LogP contribution in [0.1, 0.15) is 44.4 Å². The molecule has 4 rings (SSSR count). The molecule has 1 aromatic carbocycles. The van der Waals surface area contributed by atoms with Crippen molar-refractivity contribution in [2.75, 3.05) is 11.9 Å². The van der Waals surface area contributed by atoms with Gasteiger partial charge < -0.3 is 9.42 Å².